The molecule has 11 nitrogen and oxygen atoms in total. The van der Waals surface area contributed by atoms with Crippen LogP contribution in [0.2, 0.25) is 0 Å². The summed E-state index contributed by atoms with van der Waals surface area (Å²) >= 11 is 0. The predicted molar refractivity (Wildman–Crippen MR) is 159 cm³/mol. The van der Waals surface area contributed by atoms with Crippen molar-refractivity contribution < 1.29 is 14.3 Å². The number of nitrogens with one attached hydrogen (secondary N) is 1. The van der Waals surface area contributed by atoms with E-state index in [2.05, 4.69) is 38.8 Å². The second-order valence-electron chi connectivity index (χ2n) is 12.7. The number of hydrogen-bond acceptors (Lipinski definition) is 8. The van der Waals surface area contributed by atoms with Gasteiger partial charge in [-0.15, -0.1) is 10.2 Å². The molecule has 1 saturated heterocycles. The second kappa shape index (κ2) is 10.7. The molecule has 0 unspecified atom stereocenters. The van der Waals surface area contributed by atoms with Gasteiger partial charge in [0, 0.05) is 30.6 Å². The summed E-state index contributed by atoms with van der Waals surface area (Å²) in [6, 6.07) is 7.79. The number of alkyl carbamates (subject to hydrolysis) is 1. The van der Waals surface area contributed by atoms with Gasteiger partial charge in [-0.1, -0.05) is 13.0 Å². The number of hydrogen-bond donors (Lipinski definition) is 1. The maximum Gasteiger partial charge on any atom is 0.408 e. The number of aryl methyl sites for hydroxylation is 1. The third-order valence-electron chi connectivity index (χ3n) is 8.44. The molecular formula is C31H40N8O3. The van der Waals surface area contributed by atoms with Gasteiger partial charge in [0.1, 0.15) is 28.8 Å². The zero-order valence-corrected chi connectivity index (χ0v) is 25.3. The van der Waals surface area contributed by atoms with E-state index in [-0.39, 0.29) is 5.91 Å². The van der Waals surface area contributed by atoms with Crippen LogP contribution in [0.5, 0.6) is 0 Å². The first-order valence-electron chi connectivity index (χ1n) is 15.1. The number of pyridine rings is 2. The third-order valence-corrected chi connectivity index (χ3v) is 8.44. The fraction of sp³-hybridized carbons (Fsp3) is 0.548. The van der Waals surface area contributed by atoms with Gasteiger partial charge in [-0.25, -0.2) is 14.8 Å². The molecule has 0 aromatic carbocycles. The molecule has 42 heavy (non-hydrogen) atoms. The maximum atomic E-state index is 14.1. The first-order chi connectivity index (χ1) is 20.0. The van der Waals surface area contributed by atoms with Gasteiger partial charge in [-0.2, -0.15) is 0 Å². The summed E-state index contributed by atoms with van der Waals surface area (Å²) in [4.78, 5) is 40.8. The number of ether oxygens (including phenoxy) is 1. The molecular weight excluding hydrogens is 532 g/mol. The SMILES string of the molecule is CC[C@@H](NC(=O)OC(C)(C)C)c1nc(N2CCC[C@H]2C)cc2c1CN(c1cccc(-c3nnc4n3[C@@H](C)CC4)n1)C2=O. The quantitative estimate of drug-likeness (QED) is 0.419. The highest BCUT2D eigenvalue weighted by molar-refractivity contribution is 6.10. The molecule has 3 aromatic rings. The van der Waals surface area contributed by atoms with Crippen molar-refractivity contribution >= 4 is 23.6 Å². The van der Waals surface area contributed by atoms with E-state index in [1.807, 2.05) is 52.0 Å². The summed E-state index contributed by atoms with van der Waals surface area (Å²) in [6.45, 7) is 13.1. The van der Waals surface area contributed by atoms with E-state index in [0.29, 0.717) is 47.8 Å². The Morgan fingerprint density at radius 2 is 1.93 bits per heavy atom. The second-order valence-corrected chi connectivity index (χ2v) is 12.7. The molecule has 0 aliphatic carbocycles. The van der Waals surface area contributed by atoms with Gasteiger partial charge in [0.05, 0.1) is 23.8 Å². The number of fused-ring (bicyclic) bond motifs is 2. The molecule has 3 atom stereocenters. The minimum atomic E-state index is -0.629. The molecule has 0 bridgehead atoms. The molecule has 2 amide bonds. The van der Waals surface area contributed by atoms with Crippen LogP contribution in [0.15, 0.2) is 24.3 Å². The monoisotopic (exact) mass is 572 g/mol. The number of rotatable bonds is 6. The van der Waals surface area contributed by atoms with E-state index in [9.17, 15) is 9.59 Å². The lowest BCUT2D eigenvalue weighted by Gasteiger charge is -2.27. The van der Waals surface area contributed by atoms with Crippen LogP contribution < -0.4 is 15.1 Å². The zero-order chi connectivity index (χ0) is 29.8. The van der Waals surface area contributed by atoms with Crippen molar-refractivity contribution in [2.75, 3.05) is 16.3 Å². The summed E-state index contributed by atoms with van der Waals surface area (Å²) < 4.78 is 7.71. The lowest BCUT2D eigenvalue weighted by molar-refractivity contribution is 0.0500. The predicted octanol–water partition coefficient (Wildman–Crippen LogP) is 5.37. The minimum absolute atomic E-state index is 0.127. The average molecular weight is 573 g/mol. The molecule has 222 valence electrons. The first-order valence-corrected chi connectivity index (χ1v) is 15.1. The summed E-state index contributed by atoms with van der Waals surface area (Å²) in [5.74, 6) is 2.88. The molecule has 1 N–H and O–H groups in total. The summed E-state index contributed by atoms with van der Waals surface area (Å²) in [7, 11) is 0. The van der Waals surface area contributed by atoms with Gasteiger partial charge < -0.3 is 19.5 Å². The summed E-state index contributed by atoms with van der Waals surface area (Å²) in [6.07, 6.45) is 4.16. The Bertz CT molecular complexity index is 1530. The van der Waals surface area contributed by atoms with Crippen molar-refractivity contribution in [3.05, 3.63) is 46.9 Å². The smallest absolute Gasteiger partial charge is 0.408 e. The van der Waals surface area contributed by atoms with Crippen molar-refractivity contribution in [3.63, 3.8) is 0 Å². The lowest BCUT2D eigenvalue weighted by atomic mass is 10.0. The van der Waals surface area contributed by atoms with E-state index in [1.54, 1.807) is 4.90 Å². The van der Waals surface area contributed by atoms with Crippen LogP contribution in [-0.4, -0.2) is 54.9 Å². The van der Waals surface area contributed by atoms with E-state index < -0.39 is 17.7 Å². The Labute approximate surface area is 246 Å². The molecule has 11 heteroatoms. The Morgan fingerprint density at radius 1 is 1.12 bits per heavy atom. The van der Waals surface area contributed by atoms with Gasteiger partial charge in [0.25, 0.3) is 5.91 Å². The van der Waals surface area contributed by atoms with Crippen molar-refractivity contribution in [2.45, 2.75) is 104 Å². The van der Waals surface area contributed by atoms with Crippen molar-refractivity contribution in [2.24, 2.45) is 0 Å². The van der Waals surface area contributed by atoms with Crippen LogP contribution in [0, 0.1) is 0 Å². The first kappa shape index (κ1) is 28.1. The fourth-order valence-corrected chi connectivity index (χ4v) is 6.31. The number of anilines is 2. The number of aromatic nitrogens is 5. The van der Waals surface area contributed by atoms with E-state index in [1.165, 1.54) is 0 Å². The molecule has 3 aromatic heterocycles. The Hall–Kier alpha value is -4.02. The van der Waals surface area contributed by atoms with Gasteiger partial charge in [-0.05, 0) is 78.5 Å². The molecule has 0 spiro atoms. The molecule has 3 aliphatic rings. The summed E-state index contributed by atoms with van der Waals surface area (Å²) in [5.41, 5.74) is 2.17. The fourth-order valence-electron chi connectivity index (χ4n) is 6.31. The lowest BCUT2D eigenvalue weighted by Crippen LogP contribution is -2.36. The third kappa shape index (κ3) is 5.09. The van der Waals surface area contributed by atoms with Gasteiger partial charge in [0.15, 0.2) is 5.82 Å². The molecule has 0 saturated carbocycles. The largest absolute Gasteiger partial charge is 0.444 e. The van der Waals surface area contributed by atoms with Crippen LogP contribution in [-0.2, 0) is 17.7 Å². The minimum Gasteiger partial charge on any atom is -0.444 e. The Kier molecular flexibility index (Phi) is 7.14. The van der Waals surface area contributed by atoms with Crippen molar-refractivity contribution in [1.82, 2.24) is 30.0 Å². The Morgan fingerprint density at radius 3 is 2.64 bits per heavy atom. The van der Waals surface area contributed by atoms with E-state index >= 15 is 0 Å². The molecule has 6 rings (SSSR count). The number of carbonyl (C=O) groups excluding carboxylic acids is 2. The number of amides is 2. The zero-order valence-electron chi connectivity index (χ0n) is 25.3. The van der Waals surface area contributed by atoms with Gasteiger partial charge >= 0.3 is 6.09 Å². The van der Waals surface area contributed by atoms with Crippen LogP contribution in [0.3, 0.4) is 0 Å². The summed E-state index contributed by atoms with van der Waals surface area (Å²) in [5, 5.41) is 11.8. The molecule has 3 aliphatic heterocycles. The maximum absolute atomic E-state index is 14.1. The van der Waals surface area contributed by atoms with Crippen LogP contribution in [0.25, 0.3) is 11.5 Å². The highest BCUT2D eigenvalue weighted by atomic mass is 16.6. The van der Waals surface area contributed by atoms with Gasteiger partial charge in [-0.3, -0.25) is 9.69 Å². The highest BCUT2D eigenvalue weighted by Gasteiger charge is 2.37. The normalized spacial score (nSPS) is 20.6. The van der Waals surface area contributed by atoms with E-state index in [0.717, 1.165) is 55.3 Å². The molecule has 6 heterocycles. The van der Waals surface area contributed by atoms with Crippen LogP contribution >= 0.6 is 0 Å². The van der Waals surface area contributed by atoms with Crippen LogP contribution in [0.4, 0.5) is 16.4 Å². The Balaban J connectivity index is 1.37. The van der Waals surface area contributed by atoms with Crippen LogP contribution in [0.1, 0.15) is 107 Å². The standard InChI is InChI=1S/C31H40N8O3/c1-7-22(33-30(41)42-31(4,5)6)27-21-17-38(29(40)20(21)16-26(34-27)37-15-9-10-18(37)2)24-12-8-11-23(32-24)28-36-35-25-14-13-19(3)39(25)28/h8,11-12,16,18-19,22H,7,9-10,13-15,17H2,1-6H3,(H,33,41)/t18-,19+,22-/m1/s1. The van der Waals surface area contributed by atoms with Crippen molar-refractivity contribution in [1.29, 1.82) is 0 Å². The molecule has 0 radical (unpaired) electrons. The highest BCUT2D eigenvalue weighted by Crippen LogP contribution is 2.37. The van der Waals surface area contributed by atoms with Gasteiger partial charge in [0.2, 0.25) is 0 Å². The van der Waals surface area contributed by atoms with E-state index in [4.69, 9.17) is 14.7 Å². The number of carbonyl (C=O) groups is 2. The topological polar surface area (TPSA) is 118 Å². The average Bonchev–Trinajstić information content (AvgIpc) is 3.72. The molecule has 1 fully saturated rings. The van der Waals surface area contributed by atoms with Crippen molar-refractivity contribution in [3.8, 4) is 11.5 Å². The number of nitrogens with zero attached hydrogens (tertiary/aromatic N) is 7.